The van der Waals surface area contributed by atoms with Gasteiger partial charge in [0.25, 0.3) is 5.91 Å². The molecule has 2 aromatic rings. The number of halogens is 1. The van der Waals surface area contributed by atoms with Gasteiger partial charge in [-0.15, -0.1) is 0 Å². The highest BCUT2D eigenvalue weighted by Crippen LogP contribution is 2.17. The van der Waals surface area contributed by atoms with Crippen molar-refractivity contribution in [3.63, 3.8) is 0 Å². The van der Waals surface area contributed by atoms with Gasteiger partial charge in [-0.05, 0) is 31.5 Å². The Labute approximate surface area is 105 Å². The van der Waals surface area contributed by atoms with Gasteiger partial charge in [0.15, 0.2) is 0 Å². The van der Waals surface area contributed by atoms with Crippen molar-refractivity contribution in [2.24, 2.45) is 0 Å². The quantitative estimate of drug-likeness (QED) is 0.825. The van der Waals surface area contributed by atoms with E-state index in [9.17, 15) is 9.18 Å². The van der Waals surface area contributed by atoms with Crippen LogP contribution in [0.3, 0.4) is 0 Å². The molecule has 92 valence electrons. The SMILES string of the molecule is Cc1ccc(NC(=O)c2ccnc(F)c2)c(C)c1. The summed E-state index contributed by atoms with van der Waals surface area (Å²) in [7, 11) is 0. The van der Waals surface area contributed by atoms with Crippen molar-refractivity contribution >= 4 is 11.6 Å². The second-order valence-electron chi connectivity index (χ2n) is 4.14. The van der Waals surface area contributed by atoms with Crippen LogP contribution in [0.4, 0.5) is 10.1 Å². The van der Waals surface area contributed by atoms with Crippen LogP contribution in [0, 0.1) is 19.8 Å². The Morgan fingerprint density at radius 3 is 2.67 bits per heavy atom. The van der Waals surface area contributed by atoms with Crippen LogP contribution in [-0.2, 0) is 0 Å². The Bertz CT molecular complexity index is 596. The first kappa shape index (κ1) is 12.2. The lowest BCUT2D eigenvalue weighted by Crippen LogP contribution is -2.13. The van der Waals surface area contributed by atoms with Crippen molar-refractivity contribution in [3.8, 4) is 0 Å². The van der Waals surface area contributed by atoms with Crippen molar-refractivity contribution in [1.82, 2.24) is 4.98 Å². The van der Waals surface area contributed by atoms with Crippen LogP contribution >= 0.6 is 0 Å². The number of benzene rings is 1. The number of carbonyl (C=O) groups is 1. The first-order chi connectivity index (χ1) is 8.56. The van der Waals surface area contributed by atoms with E-state index in [4.69, 9.17) is 0 Å². The maximum atomic E-state index is 12.9. The van der Waals surface area contributed by atoms with Crippen LogP contribution in [0.2, 0.25) is 0 Å². The summed E-state index contributed by atoms with van der Waals surface area (Å²) in [6.07, 6.45) is 1.27. The lowest BCUT2D eigenvalue weighted by Gasteiger charge is -2.09. The smallest absolute Gasteiger partial charge is 0.255 e. The number of aryl methyl sites for hydroxylation is 2. The number of rotatable bonds is 2. The van der Waals surface area contributed by atoms with Crippen LogP contribution in [0.25, 0.3) is 0 Å². The second kappa shape index (κ2) is 4.96. The maximum absolute atomic E-state index is 12.9. The fraction of sp³-hybridized carbons (Fsp3) is 0.143. The molecule has 0 spiro atoms. The van der Waals surface area contributed by atoms with E-state index in [2.05, 4.69) is 10.3 Å². The van der Waals surface area contributed by atoms with E-state index in [1.54, 1.807) is 0 Å². The number of aromatic nitrogens is 1. The third kappa shape index (κ3) is 2.71. The molecule has 0 saturated heterocycles. The van der Waals surface area contributed by atoms with Crippen molar-refractivity contribution in [2.45, 2.75) is 13.8 Å². The highest BCUT2D eigenvalue weighted by molar-refractivity contribution is 6.04. The van der Waals surface area contributed by atoms with E-state index >= 15 is 0 Å². The lowest BCUT2D eigenvalue weighted by molar-refractivity contribution is 0.102. The van der Waals surface area contributed by atoms with Gasteiger partial charge < -0.3 is 5.32 Å². The van der Waals surface area contributed by atoms with E-state index in [1.807, 2.05) is 32.0 Å². The molecule has 1 amide bonds. The molecule has 1 N–H and O–H groups in total. The fourth-order valence-corrected chi connectivity index (χ4v) is 1.69. The third-order valence-electron chi connectivity index (χ3n) is 2.62. The van der Waals surface area contributed by atoms with Gasteiger partial charge in [-0.1, -0.05) is 17.7 Å². The van der Waals surface area contributed by atoms with E-state index in [-0.39, 0.29) is 11.5 Å². The number of carbonyl (C=O) groups excluding carboxylic acids is 1. The topological polar surface area (TPSA) is 42.0 Å². The molecule has 0 saturated carbocycles. The highest BCUT2D eigenvalue weighted by atomic mass is 19.1. The number of pyridine rings is 1. The molecule has 4 heteroatoms. The van der Waals surface area contributed by atoms with Crippen LogP contribution in [0.1, 0.15) is 21.5 Å². The zero-order valence-electron chi connectivity index (χ0n) is 10.2. The summed E-state index contributed by atoms with van der Waals surface area (Å²) < 4.78 is 12.9. The van der Waals surface area contributed by atoms with E-state index in [0.717, 1.165) is 22.9 Å². The molecule has 1 aromatic heterocycles. The molecule has 0 aliphatic rings. The van der Waals surface area contributed by atoms with Crippen LogP contribution in [-0.4, -0.2) is 10.9 Å². The molecule has 0 unspecified atom stereocenters. The standard InChI is InChI=1S/C14H13FN2O/c1-9-3-4-12(10(2)7-9)17-14(18)11-5-6-16-13(15)8-11/h3-8H,1-2H3,(H,17,18). The van der Waals surface area contributed by atoms with Crippen LogP contribution in [0.5, 0.6) is 0 Å². The largest absolute Gasteiger partial charge is 0.322 e. The molecular formula is C14H13FN2O. The van der Waals surface area contributed by atoms with Gasteiger partial charge in [-0.2, -0.15) is 4.39 Å². The number of hydrogen-bond donors (Lipinski definition) is 1. The summed E-state index contributed by atoms with van der Waals surface area (Å²) in [6, 6.07) is 8.30. The fourth-order valence-electron chi connectivity index (χ4n) is 1.69. The molecule has 1 aromatic carbocycles. The first-order valence-electron chi connectivity index (χ1n) is 5.56. The minimum atomic E-state index is -0.664. The average Bonchev–Trinajstić information content (AvgIpc) is 2.32. The second-order valence-corrected chi connectivity index (χ2v) is 4.14. The first-order valence-corrected chi connectivity index (χ1v) is 5.56. The van der Waals surface area contributed by atoms with Crippen LogP contribution in [0.15, 0.2) is 36.5 Å². The predicted octanol–water partition coefficient (Wildman–Crippen LogP) is 3.09. The molecule has 0 bridgehead atoms. The highest BCUT2D eigenvalue weighted by Gasteiger charge is 2.08. The number of nitrogens with one attached hydrogen (secondary N) is 1. The Balaban J connectivity index is 2.21. The maximum Gasteiger partial charge on any atom is 0.255 e. The van der Waals surface area contributed by atoms with Gasteiger partial charge in [-0.25, -0.2) is 4.98 Å². The Morgan fingerprint density at radius 2 is 2.00 bits per heavy atom. The zero-order valence-corrected chi connectivity index (χ0v) is 10.2. The molecule has 0 fully saturated rings. The molecule has 0 aliphatic carbocycles. The minimum Gasteiger partial charge on any atom is -0.322 e. The summed E-state index contributed by atoms with van der Waals surface area (Å²) in [5, 5.41) is 2.75. The summed E-state index contributed by atoms with van der Waals surface area (Å²) in [5.41, 5.74) is 3.07. The monoisotopic (exact) mass is 244 g/mol. The molecule has 2 rings (SSSR count). The molecule has 18 heavy (non-hydrogen) atoms. The molecule has 1 heterocycles. The van der Waals surface area contributed by atoms with Gasteiger partial charge in [0, 0.05) is 23.5 Å². The van der Waals surface area contributed by atoms with Gasteiger partial charge in [0.1, 0.15) is 0 Å². The Kier molecular flexibility index (Phi) is 3.37. The molecule has 0 radical (unpaired) electrons. The summed E-state index contributed by atoms with van der Waals surface area (Å²) in [5.74, 6) is -1.01. The normalized spacial score (nSPS) is 10.2. The molecule has 0 aliphatic heterocycles. The Hall–Kier alpha value is -2.23. The van der Waals surface area contributed by atoms with E-state index < -0.39 is 5.95 Å². The number of amides is 1. The summed E-state index contributed by atoms with van der Waals surface area (Å²) >= 11 is 0. The zero-order chi connectivity index (χ0) is 13.1. The van der Waals surface area contributed by atoms with Gasteiger partial charge in [0.05, 0.1) is 0 Å². The van der Waals surface area contributed by atoms with Crippen molar-refractivity contribution < 1.29 is 9.18 Å². The minimum absolute atomic E-state index is 0.252. The molecule has 0 atom stereocenters. The van der Waals surface area contributed by atoms with Crippen molar-refractivity contribution in [3.05, 3.63) is 59.2 Å². The number of hydrogen-bond acceptors (Lipinski definition) is 2. The molecule has 3 nitrogen and oxygen atoms in total. The third-order valence-corrected chi connectivity index (χ3v) is 2.62. The van der Waals surface area contributed by atoms with Crippen molar-refractivity contribution in [1.29, 1.82) is 0 Å². The number of nitrogens with zero attached hydrogens (tertiary/aromatic N) is 1. The predicted molar refractivity (Wildman–Crippen MR) is 68.1 cm³/mol. The van der Waals surface area contributed by atoms with Gasteiger partial charge in [0.2, 0.25) is 5.95 Å². The van der Waals surface area contributed by atoms with E-state index in [1.165, 1.54) is 12.3 Å². The van der Waals surface area contributed by atoms with Crippen LogP contribution < -0.4 is 5.32 Å². The number of anilines is 1. The summed E-state index contributed by atoms with van der Waals surface area (Å²) in [4.78, 5) is 15.3. The summed E-state index contributed by atoms with van der Waals surface area (Å²) in [6.45, 7) is 3.90. The van der Waals surface area contributed by atoms with Gasteiger partial charge in [-0.3, -0.25) is 4.79 Å². The van der Waals surface area contributed by atoms with E-state index in [0.29, 0.717) is 0 Å². The van der Waals surface area contributed by atoms with Gasteiger partial charge >= 0.3 is 0 Å². The Morgan fingerprint density at radius 1 is 1.22 bits per heavy atom. The lowest BCUT2D eigenvalue weighted by atomic mass is 10.1. The average molecular weight is 244 g/mol. The van der Waals surface area contributed by atoms with Crippen molar-refractivity contribution in [2.75, 3.05) is 5.32 Å². The molecular weight excluding hydrogens is 231 g/mol.